The van der Waals surface area contributed by atoms with Crippen LogP contribution in [0.1, 0.15) is 29.8 Å². The molecule has 0 aliphatic heterocycles. The van der Waals surface area contributed by atoms with Crippen LogP contribution in [0.15, 0.2) is 24.4 Å². The van der Waals surface area contributed by atoms with Crippen molar-refractivity contribution in [2.45, 2.75) is 19.4 Å². The van der Waals surface area contributed by atoms with Crippen molar-refractivity contribution >= 4 is 11.6 Å². The minimum atomic E-state index is -0.461. The maximum Gasteiger partial charge on any atom is 0.123 e. The van der Waals surface area contributed by atoms with E-state index < -0.39 is 6.04 Å². The third kappa shape index (κ3) is 2.40. The van der Waals surface area contributed by atoms with E-state index in [9.17, 15) is 4.39 Å². The monoisotopic (exact) mass is 267 g/mol. The molecule has 18 heavy (non-hydrogen) atoms. The molecule has 0 amide bonds. The molecule has 2 aromatic rings. The first-order chi connectivity index (χ1) is 8.52. The summed E-state index contributed by atoms with van der Waals surface area (Å²) in [6.07, 6.45) is 2.63. The Balaban J connectivity index is 2.46. The summed E-state index contributed by atoms with van der Waals surface area (Å²) in [4.78, 5) is 0. The van der Waals surface area contributed by atoms with E-state index in [1.54, 1.807) is 4.68 Å². The summed E-state index contributed by atoms with van der Waals surface area (Å²) in [5.74, 6) is -0.341. The van der Waals surface area contributed by atoms with Crippen molar-refractivity contribution in [1.29, 1.82) is 0 Å². The van der Waals surface area contributed by atoms with E-state index in [1.807, 2.05) is 20.2 Å². The highest BCUT2D eigenvalue weighted by Crippen LogP contribution is 2.28. The van der Waals surface area contributed by atoms with Gasteiger partial charge in [0.1, 0.15) is 5.82 Å². The van der Waals surface area contributed by atoms with Gasteiger partial charge in [0.25, 0.3) is 0 Å². The molecule has 1 aromatic heterocycles. The van der Waals surface area contributed by atoms with Crippen LogP contribution in [0.2, 0.25) is 5.02 Å². The number of aryl methyl sites for hydroxylation is 2. The number of hydrogen-bond acceptors (Lipinski definition) is 2. The molecule has 0 saturated carbocycles. The summed E-state index contributed by atoms with van der Waals surface area (Å²) in [5, 5.41) is 4.80. The van der Waals surface area contributed by atoms with Gasteiger partial charge in [-0.3, -0.25) is 4.68 Å². The zero-order chi connectivity index (χ0) is 13.3. The molecule has 0 radical (unpaired) electrons. The van der Waals surface area contributed by atoms with Gasteiger partial charge in [-0.2, -0.15) is 5.10 Å². The van der Waals surface area contributed by atoms with Gasteiger partial charge in [0.05, 0.1) is 11.7 Å². The number of halogens is 2. The molecular weight excluding hydrogens is 253 g/mol. The average Bonchev–Trinajstić information content (AvgIpc) is 2.72. The summed E-state index contributed by atoms with van der Waals surface area (Å²) in [6.45, 7) is 2.01. The maximum atomic E-state index is 13.3. The molecule has 1 heterocycles. The number of rotatable bonds is 3. The summed E-state index contributed by atoms with van der Waals surface area (Å²) < 4.78 is 15.0. The topological polar surface area (TPSA) is 43.8 Å². The Labute approximate surface area is 110 Å². The first kappa shape index (κ1) is 13.1. The van der Waals surface area contributed by atoms with Crippen molar-refractivity contribution in [3.63, 3.8) is 0 Å². The summed E-state index contributed by atoms with van der Waals surface area (Å²) in [7, 11) is 1.84. The molecule has 0 bridgehead atoms. The minimum Gasteiger partial charge on any atom is -0.320 e. The van der Waals surface area contributed by atoms with Crippen LogP contribution < -0.4 is 5.73 Å². The number of aromatic nitrogens is 2. The normalized spacial score (nSPS) is 12.7. The molecule has 1 atom stereocenters. The quantitative estimate of drug-likeness (QED) is 0.929. The zero-order valence-electron chi connectivity index (χ0n) is 10.3. The second-order valence-corrected chi connectivity index (χ2v) is 4.61. The molecule has 1 aromatic carbocycles. The largest absolute Gasteiger partial charge is 0.320 e. The Morgan fingerprint density at radius 3 is 2.83 bits per heavy atom. The lowest BCUT2D eigenvalue weighted by molar-refractivity contribution is 0.623. The fourth-order valence-electron chi connectivity index (χ4n) is 2.01. The van der Waals surface area contributed by atoms with Crippen LogP contribution in [0.4, 0.5) is 4.39 Å². The molecule has 0 aliphatic rings. The van der Waals surface area contributed by atoms with Crippen molar-refractivity contribution in [2.24, 2.45) is 12.8 Å². The molecule has 2 N–H and O–H groups in total. The van der Waals surface area contributed by atoms with E-state index in [-0.39, 0.29) is 5.82 Å². The van der Waals surface area contributed by atoms with Crippen molar-refractivity contribution in [3.05, 3.63) is 52.1 Å². The van der Waals surface area contributed by atoms with E-state index in [2.05, 4.69) is 5.10 Å². The van der Waals surface area contributed by atoms with E-state index in [1.165, 1.54) is 18.2 Å². The van der Waals surface area contributed by atoms with Gasteiger partial charge in [-0.15, -0.1) is 0 Å². The van der Waals surface area contributed by atoms with Crippen LogP contribution in [0.5, 0.6) is 0 Å². The van der Waals surface area contributed by atoms with Crippen LogP contribution in [-0.2, 0) is 13.5 Å². The number of hydrogen-bond donors (Lipinski definition) is 1. The van der Waals surface area contributed by atoms with Crippen molar-refractivity contribution in [3.8, 4) is 0 Å². The average molecular weight is 268 g/mol. The predicted molar refractivity (Wildman–Crippen MR) is 70.0 cm³/mol. The van der Waals surface area contributed by atoms with Gasteiger partial charge in [0.15, 0.2) is 0 Å². The van der Waals surface area contributed by atoms with E-state index >= 15 is 0 Å². The third-order valence-electron chi connectivity index (χ3n) is 2.90. The zero-order valence-corrected chi connectivity index (χ0v) is 11.1. The Hall–Kier alpha value is -1.39. The SMILES string of the molecule is CCc1nn(C)cc1C(N)c1cc(F)ccc1Cl. The Bertz CT molecular complexity index is 565. The molecule has 0 spiro atoms. The third-order valence-corrected chi connectivity index (χ3v) is 3.24. The fraction of sp³-hybridized carbons (Fsp3) is 0.308. The highest BCUT2D eigenvalue weighted by molar-refractivity contribution is 6.31. The second-order valence-electron chi connectivity index (χ2n) is 4.20. The standard InChI is InChI=1S/C13H15ClFN3/c1-3-12-10(7-18(2)17-12)13(16)9-6-8(15)4-5-11(9)14/h4-7,13H,3,16H2,1-2H3. The van der Waals surface area contributed by atoms with Crippen LogP contribution in [0.3, 0.4) is 0 Å². The first-order valence-electron chi connectivity index (χ1n) is 5.76. The molecule has 0 aliphatic carbocycles. The van der Waals surface area contributed by atoms with E-state index in [4.69, 9.17) is 17.3 Å². The van der Waals surface area contributed by atoms with Crippen molar-refractivity contribution in [1.82, 2.24) is 9.78 Å². The second kappa shape index (κ2) is 5.08. The molecule has 5 heteroatoms. The van der Waals surface area contributed by atoms with Crippen LogP contribution >= 0.6 is 11.6 Å². The number of nitrogens with zero attached hydrogens (tertiary/aromatic N) is 2. The number of nitrogens with two attached hydrogens (primary N) is 1. The van der Waals surface area contributed by atoms with Crippen LogP contribution in [-0.4, -0.2) is 9.78 Å². The highest BCUT2D eigenvalue weighted by atomic mass is 35.5. The summed E-state index contributed by atoms with van der Waals surface area (Å²) in [5.41, 5.74) is 8.54. The van der Waals surface area contributed by atoms with Gasteiger partial charge in [-0.1, -0.05) is 18.5 Å². The van der Waals surface area contributed by atoms with Gasteiger partial charge < -0.3 is 5.73 Å². The van der Waals surface area contributed by atoms with Gasteiger partial charge in [-0.05, 0) is 30.2 Å². The van der Waals surface area contributed by atoms with E-state index in [0.717, 1.165) is 17.7 Å². The summed E-state index contributed by atoms with van der Waals surface area (Å²) >= 11 is 6.07. The van der Waals surface area contributed by atoms with Gasteiger partial charge >= 0.3 is 0 Å². The molecule has 3 nitrogen and oxygen atoms in total. The molecule has 0 saturated heterocycles. The maximum absolute atomic E-state index is 13.3. The van der Waals surface area contributed by atoms with Crippen molar-refractivity contribution < 1.29 is 4.39 Å². The smallest absolute Gasteiger partial charge is 0.123 e. The number of benzene rings is 1. The van der Waals surface area contributed by atoms with Gasteiger partial charge in [-0.25, -0.2) is 4.39 Å². The predicted octanol–water partition coefficient (Wildman–Crippen LogP) is 2.82. The van der Waals surface area contributed by atoms with Crippen LogP contribution in [0.25, 0.3) is 0 Å². The van der Waals surface area contributed by atoms with Gasteiger partial charge in [0.2, 0.25) is 0 Å². The van der Waals surface area contributed by atoms with Gasteiger partial charge in [0, 0.05) is 23.8 Å². The van der Waals surface area contributed by atoms with E-state index in [0.29, 0.717) is 10.6 Å². The lowest BCUT2D eigenvalue weighted by Crippen LogP contribution is -2.13. The highest BCUT2D eigenvalue weighted by Gasteiger charge is 2.18. The minimum absolute atomic E-state index is 0.341. The Morgan fingerprint density at radius 2 is 2.17 bits per heavy atom. The lowest BCUT2D eigenvalue weighted by atomic mass is 9.99. The molecule has 1 unspecified atom stereocenters. The Kier molecular flexibility index (Phi) is 3.68. The molecule has 2 rings (SSSR count). The molecule has 96 valence electrons. The first-order valence-corrected chi connectivity index (χ1v) is 6.13. The van der Waals surface area contributed by atoms with Crippen LogP contribution in [0, 0.1) is 5.82 Å². The summed E-state index contributed by atoms with van der Waals surface area (Å²) in [6, 6.07) is 3.76. The van der Waals surface area contributed by atoms with Crippen molar-refractivity contribution in [2.75, 3.05) is 0 Å². The Morgan fingerprint density at radius 1 is 1.44 bits per heavy atom. The fourth-order valence-corrected chi connectivity index (χ4v) is 2.24. The molecule has 0 fully saturated rings. The molecular formula is C13H15ClFN3. The lowest BCUT2D eigenvalue weighted by Gasteiger charge is -2.13.